The topological polar surface area (TPSA) is 92.8 Å². The van der Waals surface area contributed by atoms with Crippen LogP contribution in [-0.4, -0.2) is 49.7 Å². The lowest BCUT2D eigenvalue weighted by molar-refractivity contribution is -0.142. The first-order valence-electron chi connectivity index (χ1n) is 11.3. The van der Waals surface area contributed by atoms with Gasteiger partial charge < -0.3 is 25.0 Å². The molecule has 0 saturated carbocycles. The van der Waals surface area contributed by atoms with Crippen molar-refractivity contribution in [1.82, 2.24) is 10.3 Å². The molecule has 34 heavy (non-hydrogen) atoms. The van der Waals surface area contributed by atoms with Gasteiger partial charge in [0.05, 0.1) is 25.8 Å². The second-order valence-corrected chi connectivity index (χ2v) is 7.90. The number of hydrogen-bond acceptors (Lipinski definition) is 7. The number of anilines is 3. The molecular weight excluding hydrogens is 432 g/mol. The minimum Gasteiger partial charge on any atom is -0.486 e. The van der Waals surface area contributed by atoms with Crippen LogP contribution >= 0.6 is 0 Å². The van der Waals surface area contributed by atoms with Gasteiger partial charge in [0, 0.05) is 30.5 Å². The summed E-state index contributed by atoms with van der Waals surface area (Å²) in [6.45, 7) is 1.71. The number of esters is 1. The van der Waals surface area contributed by atoms with Crippen molar-refractivity contribution < 1.29 is 19.1 Å². The lowest BCUT2D eigenvalue weighted by Crippen LogP contribution is -2.39. The predicted octanol–water partition coefficient (Wildman–Crippen LogP) is 3.78. The summed E-state index contributed by atoms with van der Waals surface area (Å²) in [6, 6.07) is 20.9. The van der Waals surface area contributed by atoms with Crippen molar-refractivity contribution in [3.63, 3.8) is 0 Å². The molecule has 1 aromatic heterocycles. The van der Waals surface area contributed by atoms with E-state index in [0.717, 1.165) is 23.6 Å². The van der Waals surface area contributed by atoms with Crippen LogP contribution in [0.2, 0.25) is 0 Å². The van der Waals surface area contributed by atoms with Crippen LogP contribution in [0.5, 0.6) is 5.75 Å². The Morgan fingerprint density at radius 3 is 2.68 bits per heavy atom. The van der Waals surface area contributed by atoms with Crippen LogP contribution in [0.25, 0.3) is 0 Å². The third kappa shape index (κ3) is 5.83. The lowest BCUT2D eigenvalue weighted by atomic mass is 10.1. The monoisotopic (exact) mass is 460 g/mol. The van der Waals surface area contributed by atoms with E-state index in [0.29, 0.717) is 30.9 Å². The van der Waals surface area contributed by atoms with Crippen molar-refractivity contribution >= 4 is 29.1 Å². The van der Waals surface area contributed by atoms with Crippen LogP contribution in [0.15, 0.2) is 72.9 Å². The Labute approximate surface area is 198 Å². The number of pyridine rings is 1. The first-order chi connectivity index (χ1) is 16.6. The van der Waals surface area contributed by atoms with E-state index in [1.54, 1.807) is 18.3 Å². The molecule has 1 aliphatic heterocycles. The third-order valence-electron chi connectivity index (χ3n) is 5.49. The maximum atomic E-state index is 12.8. The largest absolute Gasteiger partial charge is 0.486 e. The summed E-state index contributed by atoms with van der Waals surface area (Å²) in [4.78, 5) is 30.9. The van der Waals surface area contributed by atoms with Crippen LogP contribution in [0.3, 0.4) is 0 Å². The van der Waals surface area contributed by atoms with Gasteiger partial charge in [0.25, 0.3) is 5.91 Å². The van der Waals surface area contributed by atoms with E-state index in [1.807, 2.05) is 54.6 Å². The predicted molar refractivity (Wildman–Crippen MR) is 131 cm³/mol. The molecule has 176 valence electrons. The molecule has 0 aliphatic carbocycles. The summed E-state index contributed by atoms with van der Waals surface area (Å²) in [5.41, 5.74) is 2.30. The fraction of sp³-hybridized carbons (Fsp3) is 0.269. The maximum Gasteiger partial charge on any atom is 0.309 e. The van der Waals surface area contributed by atoms with E-state index in [-0.39, 0.29) is 24.4 Å². The molecule has 0 saturated heterocycles. The summed E-state index contributed by atoms with van der Waals surface area (Å²) in [6.07, 6.45) is 2.29. The molecule has 1 amide bonds. The van der Waals surface area contributed by atoms with Crippen molar-refractivity contribution in [1.29, 1.82) is 0 Å². The Kier molecular flexibility index (Phi) is 7.60. The van der Waals surface area contributed by atoms with Gasteiger partial charge in [-0.3, -0.25) is 9.59 Å². The molecule has 1 aliphatic rings. The lowest BCUT2D eigenvalue weighted by Gasteiger charge is -2.36. The van der Waals surface area contributed by atoms with Crippen molar-refractivity contribution in [2.75, 3.05) is 37.0 Å². The van der Waals surface area contributed by atoms with Crippen LogP contribution in [0, 0.1) is 0 Å². The number of rotatable bonds is 9. The number of nitrogens with one attached hydrogen (secondary N) is 2. The fourth-order valence-electron chi connectivity index (χ4n) is 3.79. The van der Waals surface area contributed by atoms with Gasteiger partial charge in [0.1, 0.15) is 17.7 Å². The van der Waals surface area contributed by atoms with E-state index in [4.69, 9.17) is 9.47 Å². The zero-order valence-electron chi connectivity index (χ0n) is 19.1. The number of carbonyl (C=O) groups is 2. The van der Waals surface area contributed by atoms with Crippen molar-refractivity contribution in [3.8, 4) is 5.75 Å². The number of aromatic nitrogens is 1. The molecule has 0 fully saturated rings. The number of fused-ring (bicyclic) bond motifs is 1. The Hall–Kier alpha value is -4.07. The van der Waals surface area contributed by atoms with Crippen LogP contribution in [0.4, 0.5) is 17.2 Å². The Bertz CT molecular complexity index is 1110. The number of nitrogens with zero attached hydrogens (tertiary/aromatic N) is 2. The highest BCUT2D eigenvalue weighted by molar-refractivity contribution is 5.96. The Morgan fingerprint density at radius 2 is 1.91 bits per heavy atom. The molecule has 1 atom stereocenters. The molecule has 8 heteroatoms. The number of hydrogen-bond donors (Lipinski definition) is 2. The van der Waals surface area contributed by atoms with Crippen LogP contribution in [-0.2, 0) is 9.53 Å². The van der Waals surface area contributed by atoms with Crippen molar-refractivity contribution in [3.05, 3.63) is 78.5 Å². The summed E-state index contributed by atoms with van der Waals surface area (Å²) in [5.74, 6) is 0.968. The van der Waals surface area contributed by atoms with Gasteiger partial charge in [-0.15, -0.1) is 0 Å². The molecule has 1 unspecified atom stereocenters. The van der Waals surface area contributed by atoms with Gasteiger partial charge in [-0.2, -0.15) is 0 Å². The average molecular weight is 461 g/mol. The van der Waals surface area contributed by atoms with Crippen LogP contribution in [0.1, 0.15) is 23.2 Å². The highest BCUT2D eigenvalue weighted by atomic mass is 16.5. The molecule has 2 aromatic carbocycles. The van der Waals surface area contributed by atoms with E-state index >= 15 is 0 Å². The normalized spacial score (nSPS) is 14.5. The van der Waals surface area contributed by atoms with Crippen molar-refractivity contribution in [2.45, 2.75) is 18.9 Å². The number of para-hydroxylation sites is 1. The van der Waals surface area contributed by atoms with Gasteiger partial charge in [-0.25, -0.2) is 4.98 Å². The zero-order valence-corrected chi connectivity index (χ0v) is 19.1. The Morgan fingerprint density at radius 1 is 1.09 bits per heavy atom. The van der Waals surface area contributed by atoms with Gasteiger partial charge in [-0.1, -0.05) is 24.3 Å². The number of amides is 1. The first kappa shape index (κ1) is 23.1. The quantitative estimate of drug-likeness (QED) is 0.371. The Balaban J connectivity index is 1.42. The summed E-state index contributed by atoms with van der Waals surface area (Å²) < 4.78 is 10.9. The summed E-state index contributed by atoms with van der Waals surface area (Å²) >= 11 is 0. The van der Waals surface area contributed by atoms with E-state index in [9.17, 15) is 9.59 Å². The molecule has 0 bridgehead atoms. The highest BCUT2D eigenvalue weighted by Crippen LogP contribution is 2.39. The summed E-state index contributed by atoms with van der Waals surface area (Å²) in [7, 11) is 1.37. The first-order valence-corrected chi connectivity index (χ1v) is 11.3. The smallest absolute Gasteiger partial charge is 0.309 e. The van der Waals surface area contributed by atoms with Crippen molar-refractivity contribution in [2.24, 2.45) is 0 Å². The third-order valence-corrected chi connectivity index (χ3v) is 5.49. The minimum absolute atomic E-state index is 0.147. The molecule has 3 aromatic rings. The second-order valence-electron chi connectivity index (χ2n) is 7.90. The van der Waals surface area contributed by atoms with Gasteiger partial charge in [0.15, 0.2) is 0 Å². The minimum atomic E-state index is -0.355. The number of ether oxygens (including phenoxy) is 2. The maximum absolute atomic E-state index is 12.8. The molecule has 0 spiro atoms. The fourth-order valence-corrected chi connectivity index (χ4v) is 3.79. The van der Waals surface area contributed by atoms with Gasteiger partial charge >= 0.3 is 5.97 Å². The number of benzene rings is 2. The molecular formula is C26H28N4O4. The van der Waals surface area contributed by atoms with Gasteiger partial charge in [-0.05, 0) is 48.9 Å². The van der Waals surface area contributed by atoms with Crippen LogP contribution < -0.4 is 20.3 Å². The highest BCUT2D eigenvalue weighted by Gasteiger charge is 2.29. The molecule has 4 rings (SSSR count). The van der Waals surface area contributed by atoms with E-state index < -0.39 is 0 Å². The molecule has 8 nitrogen and oxygen atoms in total. The SMILES string of the molecule is COC(=O)CC1CN(c2ccccc2)c2cc(C(=O)NCCCNc3ccccn3)ccc2O1. The molecule has 2 heterocycles. The number of carbonyl (C=O) groups excluding carboxylic acids is 2. The van der Waals surface area contributed by atoms with E-state index in [2.05, 4.69) is 20.5 Å². The standard InChI is InChI=1S/C26H28N4O4/c1-33-25(31)17-21-18-30(20-8-3-2-4-9-20)22-16-19(11-12-23(22)34-21)26(32)29-15-7-14-28-24-10-5-6-13-27-24/h2-6,8-13,16,21H,7,14-15,17-18H2,1H3,(H,27,28)(H,29,32). The summed E-state index contributed by atoms with van der Waals surface area (Å²) in [5, 5.41) is 6.20. The average Bonchev–Trinajstić information content (AvgIpc) is 2.88. The molecule has 0 radical (unpaired) electrons. The van der Waals surface area contributed by atoms with Gasteiger partial charge in [0.2, 0.25) is 0 Å². The van der Waals surface area contributed by atoms with E-state index in [1.165, 1.54) is 7.11 Å². The molecule has 2 N–H and O–H groups in total. The zero-order chi connectivity index (χ0) is 23.8. The number of methoxy groups -OCH3 is 1. The second kappa shape index (κ2) is 11.2.